The second-order valence-corrected chi connectivity index (χ2v) is 7.92. The molecule has 0 saturated carbocycles. The highest BCUT2D eigenvalue weighted by Crippen LogP contribution is 2.34. The van der Waals surface area contributed by atoms with Crippen LogP contribution in [-0.2, 0) is 9.59 Å². The summed E-state index contributed by atoms with van der Waals surface area (Å²) in [6.45, 7) is 5.79. The molecule has 2 heterocycles. The van der Waals surface area contributed by atoms with Crippen molar-refractivity contribution in [3.8, 4) is 0 Å². The van der Waals surface area contributed by atoms with Crippen LogP contribution in [-0.4, -0.2) is 53.0 Å². The molecule has 0 bridgehead atoms. The maximum absolute atomic E-state index is 13.1. The topological polar surface area (TPSA) is 60.9 Å². The summed E-state index contributed by atoms with van der Waals surface area (Å²) in [7, 11) is 0. The number of carbonyl (C=O) groups excluding carboxylic acids is 2. The van der Waals surface area contributed by atoms with Crippen molar-refractivity contribution < 1.29 is 14.7 Å². The molecular weight excluding hydrogens is 352 g/mol. The van der Waals surface area contributed by atoms with E-state index >= 15 is 0 Å². The average molecular weight is 377 g/mol. The van der Waals surface area contributed by atoms with Gasteiger partial charge in [0.1, 0.15) is 5.70 Å². The third-order valence-corrected chi connectivity index (χ3v) is 5.17. The summed E-state index contributed by atoms with van der Waals surface area (Å²) in [5.41, 5.74) is 1.63. The normalized spacial score (nSPS) is 21.3. The van der Waals surface area contributed by atoms with Crippen molar-refractivity contribution in [2.24, 2.45) is 11.8 Å². The molecule has 3 rings (SSSR count). The second-order valence-electron chi connectivity index (χ2n) is 7.48. The molecule has 0 spiro atoms. The summed E-state index contributed by atoms with van der Waals surface area (Å²) < 4.78 is 0. The fourth-order valence-corrected chi connectivity index (χ4v) is 3.81. The number of carbonyl (C=O) groups is 2. The van der Waals surface area contributed by atoms with Crippen molar-refractivity contribution in [2.45, 2.75) is 26.7 Å². The van der Waals surface area contributed by atoms with Crippen LogP contribution in [0.15, 0.2) is 30.0 Å². The van der Waals surface area contributed by atoms with Gasteiger partial charge in [0, 0.05) is 31.3 Å². The average Bonchev–Trinajstić information content (AvgIpc) is 2.87. The van der Waals surface area contributed by atoms with E-state index in [1.54, 1.807) is 24.3 Å². The van der Waals surface area contributed by atoms with E-state index in [-0.39, 0.29) is 30.3 Å². The molecule has 1 atom stereocenters. The molecule has 1 aromatic rings. The van der Waals surface area contributed by atoms with Gasteiger partial charge < -0.3 is 10.0 Å². The van der Waals surface area contributed by atoms with Crippen LogP contribution in [0.4, 0.5) is 0 Å². The lowest BCUT2D eigenvalue weighted by Gasteiger charge is -2.34. The molecule has 1 saturated heterocycles. The van der Waals surface area contributed by atoms with Gasteiger partial charge in [0.25, 0.3) is 11.8 Å². The smallest absolute Gasteiger partial charge is 0.277 e. The number of aliphatic hydroxyl groups excluding tert-OH is 1. The Morgan fingerprint density at radius 2 is 1.88 bits per heavy atom. The van der Waals surface area contributed by atoms with E-state index in [1.165, 1.54) is 4.90 Å². The molecule has 1 unspecified atom stereocenters. The predicted octanol–water partition coefficient (Wildman–Crippen LogP) is 2.78. The lowest BCUT2D eigenvalue weighted by molar-refractivity contribution is -0.138. The monoisotopic (exact) mass is 376 g/mol. The Morgan fingerprint density at radius 1 is 1.19 bits per heavy atom. The van der Waals surface area contributed by atoms with E-state index in [2.05, 4.69) is 0 Å². The van der Waals surface area contributed by atoms with Crippen LogP contribution in [0.2, 0.25) is 5.02 Å². The number of rotatable bonds is 5. The molecule has 2 amide bonds. The third kappa shape index (κ3) is 3.64. The maximum atomic E-state index is 13.1. The molecule has 5 nitrogen and oxygen atoms in total. The first-order chi connectivity index (χ1) is 12.4. The van der Waals surface area contributed by atoms with E-state index in [9.17, 15) is 14.7 Å². The van der Waals surface area contributed by atoms with Gasteiger partial charge in [-0.2, -0.15) is 0 Å². The Kier molecular flexibility index (Phi) is 5.68. The minimum atomic E-state index is -0.243. The predicted molar refractivity (Wildman–Crippen MR) is 101 cm³/mol. The van der Waals surface area contributed by atoms with E-state index < -0.39 is 0 Å². The zero-order valence-electron chi connectivity index (χ0n) is 15.2. The third-order valence-electron chi connectivity index (χ3n) is 4.92. The SMILES string of the molecule is CC(C)CN1C(=O)C(c2ccc(Cl)cc2)=C(N2CCCC(CO)C2)C1=O. The van der Waals surface area contributed by atoms with Crippen LogP contribution in [0.1, 0.15) is 32.3 Å². The molecule has 0 aromatic heterocycles. The second kappa shape index (κ2) is 7.80. The number of halogens is 1. The van der Waals surface area contributed by atoms with Gasteiger partial charge >= 0.3 is 0 Å². The standard InChI is InChI=1S/C20H25ClN2O3/c1-13(2)10-23-19(25)17(15-5-7-16(21)8-6-15)18(20(23)26)22-9-3-4-14(11-22)12-24/h5-8,13-14,24H,3-4,9-12H2,1-2H3. The molecule has 140 valence electrons. The first kappa shape index (κ1) is 18.9. The Balaban J connectivity index is 2.04. The van der Waals surface area contributed by atoms with Gasteiger partial charge in [0.05, 0.1) is 5.57 Å². The first-order valence-corrected chi connectivity index (χ1v) is 9.52. The number of benzene rings is 1. The van der Waals surface area contributed by atoms with E-state index in [0.29, 0.717) is 34.9 Å². The van der Waals surface area contributed by atoms with E-state index in [1.807, 2.05) is 18.7 Å². The van der Waals surface area contributed by atoms with Gasteiger partial charge in [-0.1, -0.05) is 37.6 Å². The molecule has 26 heavy (non-hydrogen) atoms. The minimum absolute atomic E-state index is 0.0951. The van der Waals surface area contributed by atoms with Crippen LogP contribution in [0.3, 0.4) is 0 Å². The van der Waals surface area contributed by atoms with Gasteiger partial charge in [-0.25, -0.2) is 0 Å². The minimum Gasteiger partial charge on any atom is -0.396 e. The van der Waals surface area contributed by atoms with Crippen molar-refractivity contribution in [1.82, 2.24) is 9.80 Å². The lowest BCUT2D eigenvalue weighted by atomic mass is 9.97. The van der Waals surface area contributed by atoms with Crippen LogP contribution >= 0.6 is 11.6 Å². The summed E-state index contributed by atoms with van der Waals surface area (Å²) in [6.07, 6.45) is 1.84. The molecule has 6 heteroatoms. The number of hydrogen-bond acceptors (Lipinski definition) is 4. The summed E-state index contributed by atoms with van der Waals surface area (Å²) in [5, 5.41) is 10.1. The molecule has 0 radical (unpaired) electrons. The number of aliphatic hydroxyl groups is 1. The van der Waals surface area contributed by atoms with Gasteiger partial charge in [-0.3, -0.25) is 14.5 Å². The van der Waals surface area contributed by atoms with Gasteiger partial charge in [-0.05, 0) is 42.4 Å². The van der Waals surface area contributed by atoms with Gasteiger partial charge in [0.15, 0.2) is 0 Å². The highest BCUT2D eigenvalue weighted by molar-refractivity contribution is 6.36. The summed E-state index contributed by atoms with van der Waals surface area (Å²) in [5.74, 6) is -0.149. The Morgan fingerprint density at radius 3 is 2.50 bits per heavy atom. The fourth-order valence-electron chi connectivity index (χ4n) is 3.68. The van der Waals surface area contributed by atoms with Crippen LogP contribution in [0.25, 0.3) is 5.57 Å². The van der Waals surface area contributed by atoms with Crippen LogP contribution < -0.4 is 0 Å². The van der Waals surface area contributed by atoms with Crippen molar-refractivity contribution in [2.75, 3.05) is 26.2 Å². The van der Waals surface area contributed by atoms with E-state index in [0.717, 1.165) is 19.4 Å². The van der Waals surface area contributed by atoms with E-state index in [4.69, 9.17) is 11.6 Å². The molecule has 1 fully saturated rings. The number of hydrogen-bond donors (Lipinski definition) is 1. The largest absolute Gasteiger partial charge is 0.396 e. The maximum Gasteiger partial charge on any atom is 0.277 e. The number of nitrogens with zero attached hydrogens (tertiary/aromatic N) is 2. The first-order valence-electron chi connectivity index (χ1n) is 9.14. The number of likely N-dealkylation sites (tertiary alicyclic amines) is 1. The Hall–Kier alpha value is -1.85. The van der Waals surface area contributed by atoms with Crippen molar-refractivity contribution >= 4 is 29.0 Å². The lowest BCUT2D eigenvalue weighted by Crippen LogP contribution is -2.41. The van der Waals surface area contributed by atoms with Gasteiger partial charge in [0.2, 0.25) is 0 Å². The van der Waals surface area contributed by atoms with Crippen molar-refractivity contribution in [1.29, 1.82) is 0 Å². The van der Waals surface area contributed by atoms with Crippen molar-refractivity contribution in [3.63, 3.8) is 0 Å². The van der Waals surface area contributed by atoms with Crippen LogP contribution in [0.5, 0.6) is 0 Å². The molecule has 2 aliphatic heterocycles. The van der Waals surface area contributed by atoms with Gasteiger partial charge in [-0.15, -0.1) is 0 Å². The Bertz CT molecular complexity index is 727. The quantitative estimate of drug-likeness (QED) is 0.803. The zero-order valence-corrected chi connectivity index (χ0v) is 16.0. The fraction of sp³-hybridized carbons (Fsp3) is 0.500. The Labute approximate surface area is 159 Å². The summed E-state index contributed by atoms with van der Waals surface area (Å²) in [4.78, 5) is 29.5. The molecule has 2 aliphatic rings. The number of imide groups is 1. The number of amides is 2. The molecule has 1 N–H and O–H groups in total. The summed E-state index contributed by atoms with van der Waals surface area (Å²) in [6, 6.07) is 7.04. The number of piperidine rings is 1. The highest BCUT2D eigenvalue weighted by atomic mass is 35.5. The van der Waals surface area contributed by atoms with Crippen LogP contribution in [0, 0.1) is 11.8 Å². The van der Waals surface area contributed by atoms with Crippen molar-refractivity contribution in [3.05, 3.63) is 40.5 Å². The highest BCUT2D eigenvalue weighted by Gasteiger charge is 2.42. The zero-order chi connectivity index (χ0) is 18.8. The molecule has 0 aliphatic carbocycles. The molecule has 1 aromatic carbocycles. The summed E-state index contributed by atoms with van der Waals surface area (Å²) >= 11 is 5.99. The molecular formula is C20H25ClN2O3.